The molecule has 27 heavy (non-hydrogen) atoms. The lowest BCUT2D eigenvalue weighted by Crippen LogP contribution is -2.44. The Morgan fingerprint density at radius 3 is 2.22 bits per heavy atom. The Kier molecular flexibility index (Phi) is 8.87. The molecule has 9 heteroatoms. The van der Waals surface area contributed by atoms with Gasteiger partial charge in [-0.1, -0.05) is 6.92 Å². The second-order valence-corrected chi connectivity index (χ2v) is 8.44. The molecule has 0 spiro atoms. The molecule has 0 unspecified atom stereocenters. The molecule has 0 fully saturated rings. The summed E-state index contributed by atoms with van der Waals surface area (Å²) >= 11 is 0. The predicted molar refractivity (Wildman–Crippen MR) is 106 cm³/mol. The highest BCUT2D eigenvalue weighted by Gasteiger charge is 2.20. The van der Waals surface area contributed by atoms with Crippen LogP contribution in [0.3, 0.4) is 0 Å². The Labute approximate surface area is 161 Å². The second kappa shape index (κ2) is 10.4. The largest absolute Gasteiger partial charge is 0.355 e. The number of carbonyl (C=O) groups excluding carboxylic acids is 2. The number of nitrogens with zero attached hydrogens (tertiary/aromatic N) is 1. The molecule has 0 aliphatic rings. The molecule has 3 N–H and O–H groups in total. The van der Waals surface area contributed by atoms with Crippen LogP contribution in [-0.2, 0) is 19.6 Å². The molecular formula is C18H30N4O4S. The van der Waals surface area contributed by atoms with Crippen LogP contribution < -0.4 is 15.4 Å². The number of amides is 2. The second-order valence-electron chi connectivity index (χ2n) is 6.73. The summed E-state index contributed by atoms with van der Waals surface area (Å²) in [5.41, 5.74) is 0.485. The zero-order chi connectivity index (χ0) is 20.6. The summed E-state index contributed by atoms with van der Waals surface area (Å²) in [6.07, 6.45) is 0.851. The topological polar surface area (TPSA) is 108 Å². The molecule has 0 radical (unpaired) electrons. The van der Waals surface area contributed by atoms with Gasteiger partial charge in [-0.05, 0) is 58.5 Å². The lowest BCUT2D eigenvalue weighted by molar-refractivity contribution is -0.124. The van der Waals surface area contributed by atoms with E-state index in [2.05, 4.69) is 15.4 Å². The van der Waals surface area contributed by atoms with Crippen molar-refractivity contribution in [1.82, 2.24) is 14.9 Å². The van der Waals surface area contributed by atoms with Gasteiger partial charge in [-0.3, -0.25) is 14.5 Å². The third-order valence-electron chi connectivity index (χ3n) is 3.83. The van der Waals surface area contributed by atoms with Crippen LogP contribution >= 0.6 is 0 Å². The first-order chi connectivity index (χ1) is 12.6. The van der Waals surface area contributed by atoms with Crippen molar-refractivity contribution < 1.29 is 18.0 Å². The molecule has 0 bridgehead atoms. The van der Waals surface area contributed by atoms with Gasteiger partial charge in [0.1, 0.15) is 0 Å². The number of nitrogens with one attached hydrogen (secondary N) is 3. The van der Waals surface area contributed by atoms with Crippen molar-refractivity contribution in [1.29, 1.82) is 0 Å². The van der Waals surface area contributed by atoms with Crippen LogP contribution in [0.5, 0.6) is 0 Å². The van der Waals surface area contributed by atoms with Crippen molar-refractivity contribution in [2.24, 2.45) is 0 Å². The number of carbonyl (C=O) groups is 2. The molecule has 0 aromatic heterocycles. The number of benzene rings is 1. The van der Waals surface area contributed by atoms with Crippen LogP contribution in [-0.4, -0.2) is 57.4 Å². The third kappa shape index (κ3) is 7.66. The van der Waals surface area contributed by atoms with Crippen molar-refractivity contribution in [2.75, 3.05) is 25.5 Å². The van der Waals surface area contributed by atoms with Crippen LogP contribution in [0, 0.1) is 0 Å². The van der Waals surface area contributed by atoms with E-state index in [1.165, 1.54) is 24.3 Å². The van der Waals surface area contributed by atoms with E-state index in [4.69, 9.17) is 0 Å². The SMILES string of the molecule is CCCNC(=O)CN(C)[C@@H](C)C(=O)Nc1ccc(S(=O)(=O)NC(C)C)cc1. The quantitative estimate of drug-likeness (QED) is 0.548. The maximum absolute atomic E-state index is 12.4. The fourth-order valence-corrected chi connectivity index (χ4v) is 3.48. The average Bonchev–Trinajstić information content (AvgIpc) is 2.58. The van der Waals surface area contributed by atoms with Gasteiger partial charge in [0.2, 0.25) is 21.8 Å². The Morgan fingerprint density at radius 1 is 1.11 bits per heavy atom. The molecule has 2 amide bonds. The highest BCUT2D eigenvalue weighted by atomic mass is 32.2. The highest BCUT2D eigenvalue weighted by Crippen LogP contribution is 2.15. The first-order valence-corrected chi connectivity index (χ1v) is 10.4. The third-order valence-corrected chi connectivity index (χ3v) is 5.50. The standard InChI is InChI=1S/C18H30N4O4S/c1-6-11-19-17(23)12-22(5)14(4)18(24)20-15-7-9-16(10-8-15)27(25,26)21-13(2)3/h7-10,13-14,21H,6,11-12H2,1-5H3,(H,19,23)(H,20,24)/t14-/m0/s1. The van der Waals surface area contributed by atoms with Gasteiger partial charge < -0.3 is 10.6 Å². The smallest absolute Gasteiger partial charge is 0.241 e. The van der Waals surface area contributed by atoms with E-state index in [0.29, 0.717) is 12.2 Å². The molecule has 1 atom stereocenters. The van der Waals surface area contributed by atoms with E-state index in [9.17, 15) is 18.0 Å². The lowest BCUT2D eigenvalue weighted by Gasteiger charge is -2.23. The number of hydrogen-bond acceptors (Lipinski definition) is 5. The van der Waals surface area contributed by atoms with Gasteiger partial charge in [-0.2, -0.15) is 0 Å². The minimum absolute atomic E-state index is 0.118. The van der Waals surface area contributed by atoms with Crippen molar-refractivity contribution in [3.05, 3.63) is 24.3 Å². The number of rotatable bonds is 10. The van der Waals surface area contributed by atoms with Gasteiger partial charge in [0.25, 0.3) is 0 Å². The summed E-state index contributed by atoms with van der Waals surface area (Å²) in [4.78, 5) is 25.9. The zero-order valence-corrected chi connectivity index (χ0v) is 17.4. The van der Waals surface area contributed by atoms with Crippen LogP contribution in [0.1, 0.15) is 34.1 Å². The summed E-state index contributed by atoms with van der Waals surface area (Å²) < 4.78 is 26.7. The number of sulfonamides is 1. The molecule has 1 aromatic rings. The molecule has 8 nitrogen and oxygen atoms in total. The lowest BCUT2D eigenvalue weighted by atomic mass is 10.2. The molecule has 0 heterocycles. The molecule has 0 saturated heterocycles. The van der Waals surface area contributed by atoms with Crippen LogP contribution in [0.25, 0.3) is 0 Å². The average molecular weight is 399 g/mol. The van der Waals surface area contributed by atoms with Crippen molar-refractivity contribution in [2.45, 2.75) is 51.1 Å². The van der Waals surface area contributed by atoms with Crippen molar-refractivity contribution in [3.8, 4) is 0 Å². The van der Waals surface area contributed by atoms with E-state index < -0.39 is 16.1 Å². The number of likely N-dealkylation sites (N-methyl/N-ethyl adjacent to an activating group) is 1. The van der Waals surface area contributed by atoms with Crippen LogP contribution in [0.4, 0.5) is 5.69 Å². The van der Waals surface area contributed by atoms with Gasteiger partial charge in [-0.25, -0.2) is 13.1 Å². The molecule has 1 rings (SSSR count). The van der Waals surface area contributed by atoms with Crippen LogP contribution in [0.2, 0.25) is 0 Å². The fraction of sp³-hybridized carbons (Fsp3) is 0.556. The Morgan fingerprint density at radius 2 is 1.70 bits per heavy atom. The molecular weight excluding hydrogens is 368 g/mol. The highest BCUT2D eigenvalue weighted by molar-refractivity contribution is 7.89. The first kappa shape index (κ1) is 23.1. The molecule has 0 aliphatic carbocycles. The minimum Gasteiger partial charge on any atom is -0.355 e. The molecule has 0 saturated carbocycles. The number of hydrogen-bond donors (Lipinski definition) is 3. The predicted octanol–water partition coefficient (Wildman–Crippen LogP) is 1.16. The molecule has 1 aromatic carbocycles. The summed E-state index contributed by atoms with van der Waals surface area (Å²) in [6, 6.07) is 5.21. The van der Waals surface area contributed by atoms with E-state index in [-0.39, 0.29) is 29.3 Å². The summed E-state index contributed by atoms with van der Waals surface area (Å²) in [6.45, 7) is 7.88. The first-order valence-electron chi connectivity index (χ1n) is 8.97. The van der Waals surface area contributed by atoms with Gasteiger partial charge in [0.05, 0.1) is 17.5 Å². The van der Waals surface area contributed by atoms with Gasteiger partial charge >= 0.3 is 0 Å². The number of anilines is 1. The Balaban J connectivity index is 2.67. The molecule has 0 aliphatic heterocycles. The van der Waals surface area contributed by atoms with Gasteiger partial charge in [-0.15, -0.1) is 0 Å². The normalized spacial score (nSPS) is 12.9. The maximum Gasteiger partial charge on any atom is 0.241 e. The van der Waals surface area contributed by atoms with E-state index in [1.54, 1.807) is 32.7 Å². The monoisotopic (exact) mass is 398 g/mol. The van der Waals surface area contributed by atoms with Crippen LogP contribution in [0.15, 0.2) is 29.2 Å². The minimum atomic E-state index is -3.57. The van der Waals surface area contributed by atoms with Gasteiger partial charge in [0, 0.05) is 18.3 Å². The fourth-order valence-electron chi connectivity index (χ4n) is 2.23. The summed E-state index contributed by atoms with van der Waals surface area (Å²) in [5.74, 6) is -0.414. The zero-order valence-electron chi connectivity index (χ0n) is 16.6. The van der Waals surface area contributed by atoms with Crippen molar-refractivity contribution >= 4 is 27.5 Å². The summed E-state index contributed by atoms with van der Waals surface area (Å²) in [7, 11) is -1.87. The maximum atomic E-state index is 12.4. The van der Waals surface area contributed by atoms with E-state index in [1.807, 2.05) is 6.92 Å². The molecule has 152 valence electrons. The Bertz CT molecular complexity index is 732. The van der Waals surface area contributed by atoms with Crippen molar-refractivity contribution in [3.63, 3.8) is 0 Å². The van der Waals surface area contributed by atoms with Gasteiger partial charge in [0.15, 0.2) is 0 Å². The van der Waals surface area contributed by atoms with E-state index in [0.717, 1.165) is 6.42 Å². The Hall–Kier alpha value is -1.97. The van der Waals surface area contributed by atoms with E-state index >= 15 is 0 Å². The summed E-state index contributed by atoms with van der Waals surface area (Å²) in [5, 5.41) is 5.50.